The minimum absolute atomic E-state index is 0.175. The van der Waals surface area contributed by atoms with E-state index in [1.54, 1.807) is 56.7 Å². The van der Waals surface area contributed by atoms with Gasteiger partial charge in [0.05, 0.1) is 32.6 Å². The molecule has 0 fully saturated rings. The predicted octanol–water partition coefficient (Wildman–Crippen LogP) is 4.17. The van der Waals surface area contributed by atoms with Gasteiger partial charge >= 0.3 is 0 Å². The highest BCUT2D eigenvalue weighted by Gasteiger charge is 2.41. The normalized spacial score (nSPS) is 13.6. The summed E-state index contributed by atoms with van der Waals surface area (Å²) in [6.45, 7) is 0. The molecule has 0 bridgehead atoms. The average molecular weight is 436 g/mol. The Kier molecular flexibility index (Phi) is 5.64. The van der Waals surface area contributed by atoms with Crippen molar-refractivity contribution < 1.29 is 23.8 Å². The summed E-state index contributed by atoms with van der Waals surface area (Å²) in [5.41, 5.74) is 1.42. The van der Waals surface area contributed by atoms with Gasteiger partial charge in [0.25, 0.3) is 11.8 Å². The van der Waals surface area contributed by atoms with Crippen LogP contribution in [-0.2, 0) is 9.59 Å². The van der Waals surface area contributed by atoms with E-state index in [4.69, 9.17) is 14.2 Å². The number of para-hydroxylation sites is 2. The lowest BCUT2D eigenvalue weighted by atomic mass is 10.1. The van der Waals surface area contributed by atoms with Crippen LogP contribution >= 0.6 is 11.3 Å². The second-order valence-corrected chi connectivity index (χ2v) is 7.52. The van der Waals surface area contributed by atoms with E-state index in [0.717, 1.165) is 4.90 Å². The van der Waals surface area contributed by atoms with E-state index in [1.807, 2.05) is 17.5 Å². The second-order valence-electron chi connectivity index (χ2n) is 6.57. The first-order chi connectivity index (χ1) is 15.1. The number of benzene rings is 2. The molecule has 0 atom stereocenters. The third-order valence-electron chi connectivity index (χ3n) is 4.80. The van der Waals surface area contributed by atoms with Crippen molar-refractivity contribution >= 4 is 40.1 Å². The monoisotopic (exact) mass is 436 g/mol. The van der Waals surface area contributed by atoms with Gasteiger partial charge in [-0.05, 0) is 23.6 Å². The third kappa shape index (κ3) is 3.73. The molecule has 3 aromatic rings. The summed E-state index contributed by atoms with van der Waals surface area (Å²) in [7, 11) is 4.59. The average Bonchev–Trinajstić information content (AvgIpc) is 3.40. The Morgan fingerprint density at radius 3 is 2.16 bits per heavy atom. The summed E-state index contributed by atoms with van der Waals surface area (Å²) in [5.74, 6) is 0.644. The predicted molar refractivity (Wildman–Crippen MR) is 120 cm³/mol. The summed E-state index contributed by atoms with van der Waals surface area (Å²) >= 11 is 1.38. The highest BCUT2D eigenvalue weighted by Crippen LogP contribution is 2.39. The summed E-state index contributed by atoms with van der Waals surface area (Å²) < 4.78 is 16.0. The molecule has 7 nitrogen and oxygen atoms in total. The minimum atomic E-state index is -0.473. The standard InChI is InChI=1S/C23H20N2O5S/c1-28-15-11-14(12-16(13-15)29-2)24-21-20(19-9-6-10-31-19)22(26)25(23(21)27)17-7-4-5-8-18(17)30-3/h4-13,24H,1-3H3. The summed E-state index contributed by atoms with van der Waals surface area (Å²) in [4.78, 5) is 28.7. The second kappa shape index (κ2) is 8.53. The third-order valence-corrected chi connectivity index (χ3v) is 5.69. The van der Waals surface area contributed by atoms with Gasteiger partial charge in [0.2, 0.25) is 0 Å². The molecular formula is C23H20N2O5S. The zero-order valence-electron chi connectivity index (χ0n) is 17.2. The molecule has 8 heteroatoms. The number of amides is 2. The highest BCUT2D eigenvalue weighted by atomic mass is 32.1. The van der Waals surface area contributed by atoms with E-state index in [9.17, 15) is 9.59 Å². The molecule has 2 heterocycles. The van der Waals surface area contributed by atoms with Crippen LogP contribution in [0.4, 0.5) is 11.4 Å². The number of hydrogen-bond donors (Lipinski definition) is 1. The molecule has 0 saturated heterocycles. The van der Waals surface area contributed by atoms with E-state index in [1.165, 1.54) is 18.4 Å². The van der Waals surface area contributed by atoms with Gasteiger partial charge in [-0.25, -0.2) is 4.90 Å². The number of hydrogen-bond acceptors (Lipinski definition) is 7. The van der Waals surface area contributed by atoms with Crippen LogP contribution in [0, 0.1) is 0 Å². The Morgan fingerprint density at radius 1 is 0.839 bits per heavy atom. The van der Waals surface area contributed by atoms with Gasteiger partial charge in [-0.2, -0.15) is 0 Å². The molecule has 1 N–H and O–H groups in total. The largest absolute Gasteiger partial charge is 0.497 e. The van der Waals surface area contributed by atoms with Crippen LogP contribution < -0.4 is 24.4 Å². The van der Waals surface area contributed by atoms with E-state index in [-0.39, 0.29) is 5.70 Å². The molecular weight excluding hydrogens is 416 g/mol. The molecule has 0 spiro atoms. The smallest absolute Gasteiger partial charge is 0.282 e. The van der Waals surface area contributed by atoms with E-state index < -0.39 is 11.8 Å². The van der Waals surface area contributed by atoms with Crippen molar-refractivity contribution in [3.63, 3.8) is 0 Å². The van der Waals surface area contributed by atoms with Crippen molar-refractivity contribution in [1.29, 1.82) is 0 Å². The molecule has 2 aromatic carbocycles. The summed E-state index contributed by atoms with van der Waals surface area (Å²) in [6.07, 6.45) is 0. The zero-order valence-corrected chi connectivity index (χ0v) is 18.0. The van der Waals surface area contributed by atoms with Gasteiger partial charge in [0, 0.05) is 28.8 Å². The van der Waals surface area contributed by atoms with E-state index in [0.29, 0.717) is 39.1 Å². The van der Waals surface area contributed by atoms with Crippen molar-refractivity contribution in [3.05, 3.63) is 70.6 Å². The van der Waals surface area contributed by atoms with Crippen molar-refractivity contribution in [3.8, 4) is 17.2 Å². The number of carbonyl (C=O) groups is 2. The minimum Gasteiger partial charge on any atom is -0.497 e. The molecule has 2 amide bonds. The molecule has 1 aliphatic heterocycles. The Labute approximate surface area is 183 Å². The first-order valence-corrected chi connectivity index (χ1v) is 10.3. The molecule has 0 radical (unpaired) electrons. The fraction of sp³-hybridized carbons (Fsp3) is 0.130. The number of anilines is 2. The number of thiophene rings is 1. The van der Waals surface area contributed by atoms with Crippen LogP contribution in [0.15, 0.2) is 65.7 Å². The molecule has 31 heavy (non-hydrogen) atoms. The highest BCUT2D eigenvalue weighted by molar-refractivity contribution is 7.11. The van der Waals surface area contributed by atoms with Crippen LogP contribution in [0.1, 0.15) is 4.88 Å². The topological polar surface area (TPSA) is 77.1 Å². The number of methoxy groups -OCH3 is 3. The first-order valence-electron chi connectivity index (χ1n) is 9.37. The van der Waals surface area contributed by atoms with Gasteiger partial charge in [-0.1, -0.05) is 18.2 Å². The first kappa shape index (κ1) is 20.5. The Morgan fingerprint density at radius 2 is 1.55 bits per heavy atom. The van der Waals surface area contributed by atoms with Crippen LogP contribution in [0.5, 0.6) is 17.2 Å². The van der Waals surface area contributed by atoms with Gasteiger partial charge in [-0.3, -0.25) is 9.59 Å². The lowest BCUT2D eigenvalue weighted by Gasteiger charge is -2.18. The maximum absolute atomic E-state index is 13.5. The van der Waals surface area contributed by atoms with Crippen LogP contribution in [-0.4, -0.2) is 33.1 Å². The molecule has 158 valence electrons. The van der Waals surface area contributed by atoms with Crippen LogP contribution in [0.3, 0.4) is 0 Å². The van der Waals surface area contributed by atoms with Gasteiger partial charge in [-0.15, -0.1) is 11.3 Å². The molecule has 0 saturated carbocycles. The Hall–Kier alpha value is -3.78. The number of carbonyl (C=O) groups excluding carboxylic acids is 2. The molecule has 0 unspecified atom stereocenters. The summed E-state index contributed by atoms with van der Waals surface area (Å²) in [5, 5.41) is 4.98. The van der Waals surface area contributed by atoms with Crippen molar-refractivity contribution in [2.45, 2.75) is 0 Å². The maximum atomic E-state index is 13.5. The van der Waals surface area contributed by atoms with Gasteiger partial charge < -0.3 is 19.5 Å². The van der Waals surface area contributed by atoms with Crippen molar-refractivity contribution in [2.75, 3.05) is 31.5 Å². The summed E-state index contributed by atoms with van der Waals surface area (Å²) in [6, 6.07) is 15.7. The maximum Gasteiger partial charge on any atom is 0.282 e. The number of imide groups is 1. The Balaban J connectivity index is 1.82. The molecule has 4 rings (SSSR count). The molecule has 0 aliphatic carbocycles. The van der Waals surface area contributed by atoms with Gasteiger partial charge in [0.1, 0.15) is 22.9 Å². The van der Waals surface area contributed by atoms with Crippen LogP contribution in [0.25, 0.3) is 5.57 Å². The molecule has 1 aromatic heterocycles. The van der Waals surface area contributed by atoms with E-state index in [2.05, 4.69) is 5.32 Å². The number of nitrogens with one attached hydrogen (secondary N) is 1. The lowest BCUT2D eigenvalue weighted by Crippen LogP contribution is -2.32. The van der Waals surface area contributed by atoms with Crippen molar-refractivity contribution in [1.82, 2.24) is 0 Å². The zero-order chi connectivity index (χ0) is 22.0. The number of nitrogens with zero attached hydrogens (tertiary/aromatic N) is 1. The SMILES string of the molecule is COc1cc(NC2=C(c3cccs3)C(=O)N(c3ccccc3OC)C2=O)cc(OC)c1. The van der Waals surface area contributed by atoms with Crippen molar-refractivity contribution in [2.24, 2.45) is 0 Å². The quantitative estimate of drug-likeness (QED) is 0.560. The Bertz CT molecular complexity index is 1150. The number of ether oxygens (including phenoxy) is 3. The lowest BCUT2D eigenvalue weighted by molar-refractivity contribution is -0.120. The van der Waals surface area contributed by atoms with E-state index >= 15 is 0 Å². The van der Waals surface area contributed by atoms with Crippen LogP contribution in [0.2, 0.25) is 0 Å². The van der Waals surface area contributed by atoms with Gasteiger partial charge in [0.15, 0.2) is 0 Å². The number of rotatable bonds is 7. The fourth-order valence-corrected chi connectivity index (χ4v) is 4.12. The molecule has 1 aliphatic rings. The fourth-order valence-electron chi connectivity index (χ4n) is 3.35.